The minimum absolute atomic E-state index is 0.502. The van der Waals surface area contributed by atoms with Crippen molar-refractivity contribution in [1.29, 1.82) is 0 Å². The Balaban J connectivity index is 1.12. The van der Waals surface area contributed by atoms with E-state index in [0.29, 0.717) is 23.2 Å². The van der Waals surface area contributed by atoms with Crippen LogP contribution in [0.25, 0.3) is 100 Å². The summed E-state index contributed by atoms with van der Waals surface area (Å²) in [6.45, 7) is 0. The SMILES string of the molecule is c1ccc(-c2nc(-c3ccccc3)nc(-c3nccc4oc5cc(-c6ccc7c(c6)-c6cccc8cccc-7c68)ccc5c34)n2)cc1. The Morgan fingerprint density at radius 2 is 1.04 bits per heavy atom. The van der Waals surface area contributed by atoms with E-state index in [1.807, 2.05) is 66.7 Å². The molecule has 1 aliphatic carbocycles. The first kappa shape index (κ1) is 25.8. The number of aromatic nitrogens is 4. The Morgan fingerprint density at radius 3 is 1.77 bits per heavy atom. The van der Waals surface area contributed by atoms with Crippen LogP contribution in [0.5, 0.6) is 0 Å². The van der Waals surface area contributed by atoms with Crippen molar-refractivity contribution in [2.45, 2.75) is 0 Å². The van der Waals surface area contributed by atoms with Crippen molar-refractivity contribution >= 4 is 32.7 Å². The Bertz CT molecular complexity index is 2620. The molecular weight excluding hydrogens is 576 g/mol. The van der Waals surface area contributed by atoms with E-state index < -0.39 is 0 Å². The lowest BCUT2D eigenvalue weighted by Crippen LogP contribution is -2.01. The van der Waals surface area contributed by atoms with Crippen LogP contribution in [0.2, 0.25) is 0 Å². The van der Waals surface area contributed by atoms with Crippen molar-refractivity contribution in [2.75, 3.05) is 0 Å². The van der Waals surface area contributed by atoms with E-state index in [9.17, 15) is 0 Å². The summed E-state index contributed by atoms with van der Waals surface area (Å²) in [6, 6.07) is 48.2. The molecule has 0 spiro atoms. The van der Waals surface area contributed by atoms with Crippen LogP contribution < -0.4 is 0 Å². The summed E-state index contributed by atoms with van der Waals surface area (Å²) in [4.78, 5) is 19.5. The lowest BCUT2D eigenvalue weighted by Gasteiger charge is -2.08. The molecule has 0 atom stereocenters. The molecule has 3 aromatic heterocycles. The van der Waals surface area contributed by atoms with Gasteiger partial charge in [-0.2, -0.15) is 0 Å². The number of hydrogen-bond acceptors (Lipinski definition) is 5. The third-order valence-corrected chi connectivity index (χ3v) is 9.13. The number of hydrogen-bond donors (Lipinski definition) is 0. The fourth-order valence-electron chi connectivity index (χ4n) is 6.96. The van der Waals surface area contributed by atoms with E-state index in [-0.39, 0.29) is 0 Å². The minimum atomic E-state index is 0.502. The van der Waals surface area contributed by atoms with Crippen LogP contribution in [0.3, 0.4) is 0 Å². The van der Waals surface area contributed by atoms with Crippen LogP contribution in [0.1, 0.15) is 0 Å². The normalized spacial score (nSPS) is 11.8. The monoisotopic (exact) mass is 600 g/mol. The quantitative estimate of drug-likeness (QED) is 0.201. The first-order valence-electron chi connectivity index (χ1n) is 15.6. The highest BCUT2D eigenvalue weighted by molar-refractivity contribution is 6.16. The van der Waals surface area contributed by atoms with Crippen molar-refractivity contribution in [3.05, 3.63) is 146 Å². The van der Waals surface area contributed by atoms with Crippen LogP contribution >= 0.6 is 0 Å². The van der Waals surface area contributed by atoms with E-state index in [2.05, 4.69) is 72.8 Å². The fraction of sp³-hybridized carbons (Fsp3) is 0. The number of fused-ring (bicyclic) bond motifs is 6. The Kier molecular flexibility index (Phi) is 5.51. The van der Waals surface area contributed by atoms with E-state index in [0.717, 1.165) is 44.2 Å². The minimum Gasteiger partial charge on any atom is -0.456 e. The molecule has 0 unspecified atom stereocenters. The zero-order chi connectivity index (χ0) is 30.9. The maximum atomic E-state index is 6.49. The standard InChI is InChI=1S/C42H24N4O/c1-3-9-26(10-4-1)40-44-41(27-11-5-2-6-12-27)46-42(45-40)39-38-33-20-18-29(24-36(33)47-35(38)21-22-43-39)28-17-19-30-31-15-7-13-25-14-8-16-32(37(25)31)34(30)23-28/h1-24H. The molecule has 0 N–H and O–H groups in total. The summed E-state index contributed by atoms with van der Waals surface area (Å²) in [7, 11) is 0. The van der Waals surface area contributed by atoms with Crippen molar-refractivity contribution < 1.29 is 4.42 Å². The third kappa shape index (κ3) is 4.03. The van der Waals surface area contributed by atoms with Gasteiger partial charge in [-0.05, 0) is 68.4 Å². The maximum absolute atomic E-state index is 6.49. The molecule has 10 rings (SSSR count). The van der Waals surface area contributed by atoms with Gasteiger partial charge >= 0.3 is 0 Å². The number of pyridine rings is 1. The first-order valence-corrected chi connectivity index (χ1v) is 15.6. The summed E-state index contributed by atoms with van der Waals surface area (Å²) < 4.78 is 6.49. The van der Waals surface area contributed by atoms with Gasteiger partial charge < -0.3 is 4.42 Å². The molecule has 0 amide bonds. The highest BCUT2D eigenvalue weighted by Gasteiger charge is 2.22. The third-order valence-electron chi connectivity index (χ3n) is 9.13. The highest BCUT2D eigenvalue weighted by Crippen LogP contribution is 2.48. The second kappa shape index (κ2) is 10.0. The van der Waals surface area contributed by atoms with Crippen LogP contribution in [-0.4, -0.2) is 19.9 Å². The van der Waals surface area contributed by atoms with Gasteiger partial charge in [0, 0.05) is 22.7 Å². The van der Waals surface area contributed by atoms with Gasteiger partial charge in [-0.15, -0.1) is 0 Å². The Hall–Kier alpha value is -6.46. The summed E-state index contributed by atoms with van der Waals surface area (Å²) in [5.74, 6) is 1.69. The largest absolute Gasteiger partial charge is 0.456 e. The van der Waals surface area contributed by atoms with Crippen LogP contribution in [-0.2, 0) is 0 Å². The molecule has 5 nitrogen and oxygen atoms in total. The molecular formula is C42H24N4O. The van der Waals surface area contributed by atoms with Gasteiger partial charge in [-0.3, -0.25) is 4.98 Å². The summed E-state index contributed by atoms with van der Waals surface area (Å²) in [5, 5.41) is 4.46. The van der Waals surface area contributed by atoms with Gasteiger partial charge in [-0.25, -0.2) is 15.0 Å². The van der Waals surface area contributed by atoms with Crippen molar-refractivity contribution in [3.8, 4) is 67.7 Å². The van der Waals surface area contributed by atoms with E-state index in [1.165, 1.54) is 33.0 Å². The predicted octanol–water partition coefficient (Wildman–Crippen LogP) is 10.6. The zero-order valence-electron chi connectivity index (χ0n) is 25.1. The summed E-state index contributed by atoms with van der Waals surface area (Å²) >= 11 is 0. The van der Waals surface area contributed by atoms with Gasteiger partial charge in [0.05, 0.1) is 5.39 Å². The molecule has 3 heterocycles. The van der Waals surface area contributed by atoms with Crippen molar-refractivity contribution in [2.24, 2.45) is 0 Å². The molecule has 218 valence electrons. The predicted molar refractivity (Wildman–Crippen MR) is 189 cm³/mol. The Morgan fingerprint density at radius 1 is 0.404 bits per heavy atom. The van der Waals surface area contributed by atoms with Gasteiger partial charge in [0.1, 0.15) is 16.9 Å². The lowest BCUT2D eigenvalue weighted by molar-refractivity contribution is 0.668. The van der Waals surface area contributed by atoms with Crippen LogP contribution in [0.15, 0.2) is 150 Å². The molecule has 0 saturated heterocycles. The summed E-state index contributed by atoms with van der Waals surface area (Å²) in [5.41, 5.74) is 11.4. The summed E-state index contributed by atoms with van der Waals surface area (Å²) in [6.07, 6.45) is 1.76. The number of furan rings is 1. The van der Waals surface area contributed by atoms with E-state index >= 15 is 0 Å². The number of benzene rings is 6. The first-order chi connectivity index (χ1) is 23.3. The lowest BCUT2D eigenvalue weighted by atomic mass is 9.97. The average Bonchev–Trinajstić information content (AvgIpc) is 3.68. The molecule has 47 heavy (non-hydrogen) atoms. The van der Waals surface area contributed by atoms with Gasteiger partial charge in [0.25, 0.3) is 0 Å². The molecule has 6 aromatic carbocycles. The topological polar surface area (TPSA) is 64.7 Å². The average molecular weight is 601 g/mol. The molecule has 0 bridgehead atoms. The smallest absolute Gasteiger partial charge is 0.183 e. The number of nitrogens with zero attached hydrogens (tertiary/aromatic N) is 4. The second-order valence-electron chi connectivity index (χ2n) is 11.9. The maximum Gasteiger partial charge on any atom is 0.183 e. The van der Waals surface area contributed by atoms with Crippen molar-refractivity contribution in [1.82, 2.24) is 19.9 Å². The molecule has 9 aromatic rings. The Labute approximate surface area is 269 Å². The van der Waals surface area contributed by atoms with Gasteiger partial charge in [0.2, 0.25) is 0 Å². The molecule has 5 heteroatoms. The highest BCUT2D eigenvalue weighted by atomic mass is 16.3. The molecule has 0 saturated carbocycles. The number of rotatable bonds is 4. The molecule has 1 aliphatic rings. The van der Waals surface area contributed by atoms with Crippen LogP contribution in [0.4, 0.5) is 0 Å². The zero-order valence-corrected chi connectivity index (χ0v) is 25.1. The second-order valence-corrected chi connectivity index (χ2v) is 11.9. The van der Waals surface area contributed by atoms with Gasteiger partial charge in [-0.1, -0.05) is 115 Å². The fourth-order valence-corrected chi connectivity index (χ4v) is 6.96. The van der Waals surface area contributed by atoms with Crippen LogP contribution in [0, 0.1) is 0 Å². The van der Waals surface area contributed by atoms with Crippen molar-refractivity contribution in [3.63, 3.8) is 0 Å². The van der Waals surface area contributed by atoms with E-state index in [1.54, 1.807) is 6.20 Å². The van der Waals surface area contributed by atoms with Gasteiger partial charge in [0.15, 0.2) is 17.5 Å². The molecule has 0 fully saturated rings. The van der Waals surface area contributed by atoms with E-state index in [4.69, 9.17) is 24.4 Å². The molecule has 0 aliphatic heterocycles. The molecule has 0 radical (unpaired) electrons.